The van der Waals surface area contributed by atoms with Gasteiger partial charge in [0.05, 0.1) is 0 Å². The number of fused-ring (bicyclic) bond motifs is 2. The number of rotatable bonds is 9. The van der Waals surface area contributed by atoms with Crippen molar-refractivity contribution in [3.8, 4) is 0 Å². The topological polar surface area (TPSA) is 140 Å². The fourth-order valence-electron chi connectivity index (χ4n) is 7.22. The van der Waals surface area contributed by atoms with Crippen LogP contribution in [-0.4, -0.2) is 45.8 Å². The van der Waals surface area contributed by atoms with E-state index in [0.717, 1.165) is 0 Å². The monoisotopic (exact) mass is 824 g/mol. The Morgan fingerprint density at radius 3 is 2.00 bits per heavy atom. The zero-order valence-electron chi connectivity index (χ0n) is 31.8. The molecule has 1 atom stereocenters. The number of alkyl halides is 6. The lowest BCUT2D eigenvalue weighted by Gasteiger charge is -2.31. The van der Waals surface area contributed by atoms with E-state index in [1.54, 1.807) is 103 Å². The molecule has 0 fully saturated rings. The van der Waals surface area contributed by atoms with Crippen molar-refractivity contribution in [2.75, 3.05) is 45.2 Å². The number of aromatic nitrogens is 4. The molecule has 0 bridgehead atoms. The van der Waals surface area contributed by atoms with E-state index in [0.29, 0.717) is 57.5 Å². The van der Waals surface area contributed by atoms with Crippen LogP contribution in [0.1, 0.15) is 46.6 Å². The fraction of sp³-hybridized carbons (Fsp3) is 0.190. The molecule has 12 nitrogen and oxygen atoms in total. The summed E-state index contributed by atoms with van der Waals surface area (Å²) in [6, 6.07) is 25.4. The number of carbonyl (C=O) groups is 2. The molecule has 4 heterocycles. The number of aryl methyl sites for hydroxylation is 1. The summed E-state index contributed by atoms with van der Waals surface area (Å²) in [4.78, 5) is 45.3. The largest absolute Gasteiger partial charge is 0.421 e. The van der Waals surface area contributed by atoms with Gasteiger partial charge in [-0.15, -0.1) is 0 Å². The predicted molar refractivity (Wildman–Crippen MR) is 215 cm³/mol. The zero-order chi connectivity index (χ0) is 42.3. The van der Waals surface area contributed by atoms with Gasteiger partial charge in [-0.3, -0.25) is 9.59 Å². The number of halogens is 6. The Bertz CT molecular complexity index is 2610. The molecule has 60 heavy (non-hydrogen) atoms. The molecule has 6 aromatic rings. The minimum atomic E-state index is -4.82. The molecule has 2 aromatic heterocycles. The van der Waals surface area contributed by atoms with Gasteiger partial charge in [-0.1, -0.05) is 36.4 Å². The summed E-state index contributed by atoms with van der Waals surface area (Å²) in [5.41, 5.74) is 1.97. The average molecular weight is 825 g/mol. The van der Waals surface area contributed by atoms with Crippen LogP contribution in [0.5, 0.6) is 0 Å². The number of benzene rings is 4. The van der Waals surface area contributed by atoms with E-state index in [4.69, 9.17) is 0 Å². The van der Waals surface area contributed by atoms with Crippen LogP contribution in [0.2, 0.25) is 0 Å². The van der Waals surface area contributed by atoms with E-state index in [9.17, 15) is 35.9 Å². The van der Waals surface area contributed by atoms with Gasteiger partial charge in [-0.2, -0.15) is 36.3 Å². The van der Waals surface area contributed by atoms with Crippen molar-refractivity contribution in [3.63, 3.8) is 0 Å². The molecular formula is C42H34F6N10O2. The van der Waals surface area contributed by atoms with Crippen LogP contribution >= 0.6 is 0 Å². The molecule has 0 saturated carbocycles. The van der Waals surface area contributed by atoms with Crippen molar-refractivity contribution in [1.29, 1.82) is 0 Å². The molecule has 0 aliphatic carbocycles. The van der Waals surface area contributed by atoms with Crippen LogP contribution in [0.4, 0.5) is 84.0 Å². The third-order valence-corrected chi connectivity index (χ3v) is 10.2. The van der Waals surface area contributed by atoms with Crippen LogP contribution in [0.3, 0.4) is 0 Å². The van der Waals surface area contributed by atoms with E-state index >= 15 is 0 Å². The first-order valence-corrected chi connectivity index (χ1v) is 18.5. The molecule has 2 aliphatic rings. The molecule has 2 amide bonds. The number of anilines is 10. The van der Waals surface area contributed by atoms with Crippen LogP contribution in [0.15, 0.2) is 103 Å². The van der Waals surface area contributed by atoms with Gasteiger partial charge in [-0.25, -0.2) is 9.97 Å². The SMILES string of the molecule is CN(c1ccccc1)c1ncc(C(F)(F)F)c(Nc2cc3c(c(C4CC(=O)Nc5ccc(Nc6ncc(C(F)(F)F)c(N(C)c7ccccc7)n6)cc54)c2)NC(=O)CC3)n1. The zero-order valence-corrected chi connectivity index (χ0v) is 31.8. The predicted octanol–water partition coefficient (Wildman–Crippen LogP) is 9.69. The maximum Gasteiger partial charge on any atom is 0.421 e. The highest BCUT2D eigenvalue weighted by atomic mass is 19.4. The minimum absolute atomic E-state index is 0.00378. The molecule has 8 rings (SSSR count). The Morgan fingerprint density at radius 1 is 0.667 bits per heavy atom. The van der Waals surface area contributed by atoms with Crippen LogP contribution in [0.25, 0.3) is 0 Å². The van der Waals surface area contributed by atoms with Gasteiger partial charge in [0, 0.05) is 79.4 Å². The van der Waals surface area contributed by atoms with E-state index in [1.807, 2.05) is 0 Å². The third kappa shape index (κ3) is 8.07. The maximum absolute atomic E-state index is 14.4. The first kappa shape index (κ1) is 39.6. The third-order valence-electron chi connectivity index (χ3n) is 10.2. The Morgan fingerprint density at radius 2 is 1.32 bits per heavy atom. The van der Waals surface area contributed by atoms with E-state index in [-0.39, 0.29) is 48.7 Å². The Kier molecular flexibility index (Phi) is 10.2. The van der Waals surface area contributed by atoms with Crippen molar-refractivity contribution in [2.24, 2.45) is 0 Å². The second-order valence-electron chi connectivity index (χ2n) is 14.2. The number of hydrogen-bond donors (Lipinski definition) is 4. The Labute approximate surface area is 338 Å². The van der Waals surface area contributed by atoms with Crippen LogP contribution < -0.4 is 31.1 Å². The second kappa shape index (κ2) is 15.5. The van der Waals surface area contributed by atoms with Gasteiger partial charge in [0.1, 0.15) is 16.9 Å². The maximum atomic E-state index is 14.4. The van der Waals surface area contributed by atoms with Gasteiger partial charge in [0.2, 0.25) is 23.7 Å². The van der Waals surface area contributed by atoms with E-state index in [1.165, 1.54) is 11.9 Å². The normalized spacial score (nSPS) is 15.0. The quantitative estimate of drug-likeness (QED) is 0.104. The summed E-state index contributed by atoms with van der Waals surface area (Å²) in [7, 11) is 3.09. The average Bonchev–Trinajstić information content (AvgIpc) is 3.22. The van der Waals surface area contributed by atoms with Crippen molar-refractivity contribution in [1.82, 2.24) is 19.9 Å². The van der Waals surface area contributed by atoms with E-state index < -0.39 is 41.0 Å². The summed E-state index contributed by atoms with van der Waals surface area (Å²) in [5, 5.41) is 11.6. The van der Waals surface area contributed by atoms with Gasteiger partial charge in [0.25, 0.3) is 0 Å². The standard InChI is InChI=1S/C42H34F6N10O2/c1-57(26-9-5-3-6-10-26)38-32(42(46,47)48)22-49-39(56-38)52-24-14-15-33-29(18-24)28(20-35(60)53-33)30-19-25(17-23-13-16-34(59)54-36(23)30)51-37-31(41(43,44)45)21-50-40(55-37)58(2)27-11-7-4-8-12-27/h3-12,14-15,17-19,21-22,28H,13,16,20H2,1-2H3,(H,53,60)(H,54,59)(H,49,52,56)(H,50,51,55). The first-order valence-electron chi connectivity index (χ1n) is 18.5. The second-order valence-corrected chi connectivity index (χ2v) is 14.2. The van der Waals surface area contributed by atoms with Gasteiger partial charge < -0.3 is 31.1 Å². The number of carbonyl (C=O) groups excluding carboxylic acids is 2. The summed E-state index contributed by atoms with van der Waals surface area (Å²) >= 11 is 0. The van der Waals surface area contributed by atoms with Crippen LogP contribution in [0, 0.1) is 0 Å². The molecule has 0 saturated heterocycles. The molecule has 0 radical (unpaired) electrons. The lowest BCUT2D eigenvalue weighted by molar-refractivity contribution is -0.138. The highest BCUT2D eigenvalue weighted by Crippen LogP contribution is 2.46. The van der Waals surface area contributed by atoms with Gasteiger partial charge in [0.15, 0.2) is 5.82 Å². The molecule has 1 unspecified atom stereocenters. The number of hydrogen-bond acceptors (Lipinski definition) is 10. The lowest BCUT2D eigenvalue weighted by Crippen LogP contribution is -2.26. The van der Waals surface area contributed by atoms with Crippen molar-refractivity contribution < 1.29 is 35.9 Å². The highest BCUT2D eigenvalue weighted by molar-refractivity contribution is 5.99. The van der Waals surface area contributed by atoms with Crippen molar-refractivity contribution >= 4 is 69.5 Å². The molecule has 4 N–H and O–H groups in total. The lowest BCUT2D eigenvalue weighted by atomic mass is 9.81. The highest BCUT2D eigenvalue weighted by Gasteiger charge is 2.38. The molecule has 18 heteroatoms. The Hall–Kier alpha value is -7.24. The first-order chi connectivity index (χ1) is 28.6. The summed E-state index contributed by atoms with van der Waals surface area (Å²) < 4.78 is 85.7. The van der Waals surface area contributed by atoms with E-state index in [2.05, 4.69) is 41.2 Å². The number of nitrogens with one attached hydrogen (secondary N) is 4. The minimum Gasteiger partial charge on any atom is -0.340 e. The molecule has 2 aliphatic heterocycles. The summed E-state index contributed by atoms with van der Waals surface area (Å²) in [6.45, 7) is 0. The molecule has 4 aromatic carbocycles. The van der Waals surface area contributed by atoms with Crippen LogP contribution in [-0.2, 0) is 28.4 Å². The molecule has 306 valence electrons. The van der Waals surface area contributed by atoms with Gasteiger partial charge >= 0.3 is 12.4 Å². The summed E-state index contributed by atoms with van der Waals surface area (Å²) in [6.07, 6.45) is -7.90. The smallest absolute Gasteiger partial charge is 0.340 e. The Balaban J connectivity index is 1.18. The molecular weight excluding hydrogens is 791 g/mol. The van der Waals surface area contributed by atoms with Crippen molar-refractivity contribution in [2.45, 2.75) is 37.5 Å². The molecule has 0 spiro atoms. The number of amides is 2. The van der Waals surface area contributed by atoms with Gasteiger partial charge in [-0.05, 0) is 77.7 Å². The summed E-state index contributed by atoms with van der Waals surface area (Å²) in [5.74, 6) is -2.43. The van der Waals surface area contributed by atoms with Crippen molar-refractivity contribution in [3.05, 3.63) is 131 Å². The fourth-order valence-corrected chi connectivity index (χ4v) is 7.22. The number of nitrogens with zero attached hydrogens (tertiary/aromatic N) is 6. The number of para-hydroxylation sites is 2.